The van der Waals surface area contributed by atoms with Crippen molar-refractivity contribution < 1.29 is 13.2 Å². The van der Waals surface area contributed by atoms with E-state index in [-0.39, 0.29) is 10.8 Å². The van der Waals surface area contributed by atoms with Gasteiger partial charge in [-0.1, -0.05) is 29.3 Å². The van der Waals surface area contributed by atoms with Gasteiger partial charge in [-0.15, -0.1) is 5.10 Å². The van der Waals surface area contributed by atoms with Crippen LogP contribution in [0.4, 0.5) is 5.69 Å². The van der Waals surface area contributed by atoms with E-state index in [2.05, 4.69) is 15.6 Å². The first kappa shape index (κ1) is 22.7. The second-order valence-corrected chi connectivity index (χ2v) is 10.4. The Morgan fingerprint density at radius 3 is 2.69 bits per heavy atom. The zero-order valence-corrected chi connectivity index (χ0v) is 19.5. The highest BCUT2D eigenvalue weighted by Gasteiger charge is 2.26. The zero-order chi connectivity index (χ0) is 22.7. The first-order valence-electron chi connectivity index (χ1n) is 10.7. The number of aryl methyl sites for hydroxylation is 2. The molecule has 0 bridgehead atoms. The molecule has 32 heavy (non-hydrogen) atoms. The van der Waals surface area contributed by atoms with Gasteiger partial charge in [0, 0.05) is 36.8 Å². The number of hydrogen-bond donors (Lipinski definition) is 1. The third-order valence-electron chi connectivity index (χ3n) is 5.69. The van der Waals surface area contributed by atoms with Gasteiger partial charge < -0.3 is 5.32 Å². The number of rotatable bonds is 7. The molecule has 3 aromatic rings. The maximum atomic E-state index is 12.9. The van der Waals surface area contributed by atoms with E-state index in [1.54, 1.807) is 39.3 Å². The summed E-state index contributed by atoms with van der Waals surface area (Å²) in [4.78, 5) is 12.5. The normalized spacial score (nSPS) is 15.2. The number of carbonyl (C=O) groups excluding carboxylic acids is 1. The minimum absolute atomic E-state index is 0.102. The van der Waals surface area contributed by atoms with Crippen LogP contribution < -0.4 is 5.32 Å². The van der Waals surface area contributed by atoms with Crippen molar-refractivity contribution in [2.24, 2.45) is 0 Å². The summed E-state index contributed by atoms with van der Waals surface area (Å²) in [5, 5.41) is 11.7. The SMILES string of the molecule is Cc1ccc(Cl)cc1NC(=O)CCCn1nnc2cc(S(=O)(=O)N3CCCCC3)ccc21. The quantitative estimate of drug-likeness (QED) is 0.557. The molecular formula is C22H26ClN5O3S. The van der Waals surface area contributed by atoms with Crippen LogP contribution in [0.15, 0.2) is 41.3 Å². The number of aromatic nitrogens is 3. The van der Waals surface area contributed by atoms with Crippen LogP contribution in [0.3, 0.4) is 0 Å². The topological polar surface area (TPSA) is 97.2 Å². The molecule has 0 unspecified atom stereocenters. The van der Waals surface area contributed by atoms with Crippen molar-refractivity contribution >= 4 is 44.3 Å². The lowest BCUT2D eigenvalue weighted by molar-refractivity contribution is -0.116. The van der Waals surface area contributed by atoms with E-state index in [1.165, 1.54) is 0 Å². The Hall–Kier alpha value is -2.49. The summed E-state index contributed by atoms with van der Waals surface area (Å²) in [6, 6.07) is 10.3. The molecular weight excluding hydrogens is 450 g/mol. The summed E-state index contributed by atoms with van der Waals surface area (Å²) in [5.74, 6) is -0.102. The van der Waals surface area contributed by atoms with Crippen molar-refractivity contribution in [3.8, 4) is 0 Å². The van der Waals surface area contributed by atoms with E-state index < -0.39 is 10.0 Å². The van der Waals surface area contributed by atoms with Crippen LogP contribution in [0.5, 0.6) is 0 Å². The van der Waals surface area contributed by atoms with Gasteiger partial charge >= 0.3 is 0 Å². The van der Waals surface area contributed by atoms with Crippen LogP contribution >= 0.6 is 11.6 Å². The standard InChI is InChI=1S/C22H26ClN5O3S/c1-16-7-8-17(23)14-19(16)24-22(29)6-5-13-28-21-10-9-18(15-20(21)25-26-28)32(30,31)27-11-3-2-4-12-27/h7-10,14-15H,2-6,11-13H2,1H3,(H,24,29). The van der Waals surface area contributed by atoms with E-state index in [0.29, 0.717) is 48.7 Å². The molecule has 2 aromatic carbocycles. The Bertz CT molecular complexity index is 1240. The third kappa shape index (κ3) is 4.95. The summed E-state index contributed by atoms with van der Waals surface area (Å²) in [6.07, 6.45) is 3.73. The maximum Gasteiger partial charge on any atom is 0.243 e. The van der Waals surface area contributed by atoms with E-state index >= 15 is 0 Å². The van der Waals surface area contributed by atoms with Crippen molar-refractivity contribution in [2.75, 3.05) is 18.4 Å². The molecule has 1 fully saturated rings. The highest BCUT2D eigenvalue weighted by molar-refractivity contribution is 7.89. The summed E-state index contributed by atoms with van der Waals surface area (Å²) in [7, 11) is -3.51. The number of anilines is 1. The Kier molecular flexibility index (Phi) is 6.78. The molecule has 1 saturated heterocycles. The van der Waals surface area contributed by atoms with Crippen molar-refractivity contribution in [2.45, 2.75) is 50.5 Å². The van der Waals surface area contributed by atoms with Gasteiger partial charge in [0.2, 0.25) is 15.9 Å². The van der Waals surface area contributed by atoms with Gasteiger partial charge in [0.1, 0.15) is 5.52 Å². The highest BCUT2D eigenvalue weighted by Crippen LogP contribution is 2.24. The molecule has 0 saturated carbocycles. The Balaban J connectivity index is 1.39. The zero-order valence-electron chi connectivity index (χ0n) is 17.9. The predicted octanol–water partition coefficient (Wildman–Crippen LogP) is 3.99. The minimum Gasteiger partial charge on any atom is -0.326 e. The monoisotopic (exact) mass is 475 g/mol. The second-order valence-electron chi connectivity index (χ2n) is 8.04. The summed E-state index contributed by atoms with van der Waals surface area (Å²) in [6.45, 7) is 3.53. The fourth-order valence-electron chi connectivity index (χ4n) is 3.86. The van der Waals surface area contributed by atoms with Crippen molar-refractivity contribution in [1.82, 2.24) is 19.3 Å². The molecule has 1 amide bonds. The van der Waals surface area contributed by atoms with Gasteiger partial charge in [-0.3, -0.25) is 4.79 Å². The molecule has 1 aliphatic rings. The molecule has 0 spiro atoms. The van der Waals surface area contributed by atoms with Gasteiger partial charge in [0.05, 0.1) is 10.4 Å². The number of nitrogens with zero attached hydrogens (tertiary/aromatic N) is 4. The van der Waals surface area contributed by atoms with Gasteiger partial charge in [-0.2, -0.15) is 4.31 Å². The highest BCUT2D eigenvalue weighted by atomic mass is 35.5. The smallest absolute Gasteiger partial charge is 0.243 e. The molecule has 2 heterocycles. The van der Waals surface area contributed by atoms with Crippen LogP contribution in [0.2, 0.25) is 5.02 Å². The lowest BCUT2D eigenvalue weighted by Gasteiger charge is -2.25. The van der Waals surface area contributed by atoms with Crippen LogP contribution in [-0.2, 0) is 21.4 Å². The number of hydrogen-bond acceptors (Lipinski definition) is 5. The summed E-state index contributed by atoms with van der Waals surface area (Å²) in [5.41, 5.74) is 2.92. The average Bonchev–Trinajstić information content (AvgIpc) is 3.19. The Morgan fingerprint density at radius 1 is 1.12 bits per heavy atom. The fourth-order valence-corrected chi connectivity index (χ4v) is 5.57. The largest absolute Gasteiger partial charge is 0.326 e. The van der Waals surface area contributed by atoms with Crippen molar-refractivity contribution in [3.05, 3.63) is 47.0 Å². The number of amides is 1. The number of halogens is 1. The molecule has 0 atom stereocenters. The van der Waals surface area contributed by atoms with Gasteiger partial charge in [0.15, 0.2) is 0 Å². The van der Waals surface area contributed by atoms with Crippen LogP contribution in [0.1, 0.15) is 37.7 Å². The minimum atomic E-state index is -3.51. The Morgan fingerprint density at radius 2 is 1.91 bits per heavy atom. The van der Waals surface area contributed by atoms with E-state index in [4.69, 9.17) is 11.6 Å². The molecule has 10 heteroatoms. The second kappa shape index (κ2) is 9.56. The number of nitrogens with one attached hydrogen (secondary N) is 1. The number of sulfonamides is 1. The van der Waals surface area contributed by atoms with Crippen LogP contribution in [0, 0.1) is 6.92 Å². The van der Waals surface area contributed by atoms with Crippen molar-refractivity contribution in [1.29, 1.82) is 0 Å². The fraction of sp³-hybridized carbons (Fsp3) is 0.409. The Labute approximate surface area is 192 Å². The molecule has 1 aliphatic heterocycles. The number of fused-ring (bicyclic) bond motifs is 1. The number of piperidine rings is 1. The summed E-state index contributed by atoms with van der Waals surface area (Å²) < 4.78 is 29.0. The maximum absolute atomic E-state index is 12.9. The lowest BCUT2D eigenvalue weighted by atomic mass is 10.2. The van der Waals surface area contributed by atoms with Crippen molar-refractivity contribution in [3.63, 3.8) is 0 Å². The molecule has 1 N–H and O–H groups in total. The third-order valence-corrected chi connectivity index (χ3v) is 7.82. The molecule has 8 nitrogen and oxygen atoms in total. The van der Waals surface area contributed by atoms with Gasteiger partial charge in [-0.05, 0) is 62.1 Å². The summed E-state index contributed by atoms with van der Waals surface area (Å²) >= 11 is 6.00. The van der Waals surface area contributed by atoms with E-state index in [1.807, 2.05) is 13.0 Å². The molecule has 4 rings (SSSR count). The molecule has 0 aliphatic carbocycles. The van der Waals surface area contributed by atoms with Crippen LogP contribution in [-0.4, -0.2) is 46.7 Å². The molecule has 1 aromatic heterocycles. The van der Waals surface area contributed by atoms with E-state index in [9.17, 15) is 13.2 Å². The van der Waals surface area contributed by atoms with Crippen LogP contribution in [0.25, 0.3) is 11.0 Å². The molecule has 170 valence electrons. The first-order valence-corrected chi connectivity index (χ1v) is 12.6. The van der Waals surface area contributed by atoms with E-state index in [0.717, 1.165) is 30.3 Å². The first-order chi connectivity index (χ1) is 15.3. The predicted molar refractivity (Wildman–Crippen MR) is 124 cm³/mol. The van der Waals surface area contributed by atoms with Gasteiger partial charge in [0.25, 0.3) is 0 Å². The molecule has 0 radical (unpaired) electrons. The number of carbonyl (C=O) groups is 1. The van der Waals surface area contributed by atoms with Gasteiger partial charge in [-0.25, -0.2) is 13.1 Å². The average molecular weight is 476 g/mol. The lowest BCUT2D eigenvalue weighted by Crippen LogP contribution is -2.35. The number of benzene rings is 2.